The fourth-order valence-electron chi connectivity index (χ4n) is 2.85. The lowest BCUT2D eigenvalue weighted by Gasteiger charge is -2.30. The van der Waals surface area contributed by atoms with E-state index < -0.39 is 0 Å². The molecule has 1 saturated carbocycles. The zero-order chi connectivity index (χ0) is 9.10. The topological polar surface area (TPSA) is 32.3 Å². The van der Waals surface area contributed by atoms with Crippen LogP contribution in [0.3, 0.4) is 0 Å². The first-order chi connectivity index (χ1) is 6.38. The van der Waals surface area contributed by atoms with E-state index in [1.807, 2.05) is 0 Å². The number of aliphatic hydroxyl groups is 1. The van der Waals surface area contributed by atoms with Gasteiger partial charge in [-0.1, -0.05) is 12.8 Å². The third-order valence-electron chi connectivity index (χ3n) is 3.70. The highest BCUT2D eigenvalue weighted by Gasteiger charge is 2.30. The molecular formula is C11H21NO. The highest BCUT2D eigenvalue weighted by atomic mass is 16.3. The van der Waals surface area contributed by atoms with Crippen LogP contribution in [0.1, 0.15) is 38.5 Å². The minimum Gasteiger partial charge on any atom is -0.393 e. The summed E-state index contributed by atoms with van der Waals surface area (Å²) in [6.07, 6.45) is 7.65. The molecule has 2 N–H and O–H groups in total. The van der Waals surface area contributed by atoms with E-state index in [9.17, 15) is 5.11 Å². The van der Waals surface area contributed by atoms with Crippen molar-refractivity contribution >= 4 is 0 Å². The summed E-state index contributed by atoms with van der Waals surface area (Å²) in [4.78, 5) is 0. The van der Waals surface area contributed by atoms with Crippen molar-refractivity contribution in [3.05, 3.63) is 0 Å². The second kappa shape index (κ2) is 4.43. The van der Waals surface area contributed by atoms with Crippen molar-refractivity contribution in [3.8, 4) is 0 Å². The van der Waals surface area contributed by atoms with Crippen LogP contribution in [0.25, 0.3) is 0 Å². The first-order valence-electron chi connectivity index (χ1n) is 5.76. The van der Waals surface area contributed by atoms with Crippen LogP contribution >= 0.6 is 0 Å². The van der Waals surface area contributed by atoms with Crippen molar-refractivity contribution in [1.82, 2.24) is 5.32 Å². The molecule has 0 spiro atoms. The van der Waals surface area contributed by atoms with Crippen LogP contribution in [0.2, 0.25) is 0 Å². The second-order valence-corrected chi connectivity index (χ2v) is 4.64. The molecule has 2 rings (SSSR count). The van der Waals surface area contributed by atoms with Gasteiger partial charge in [-0.15, -0.1) is 0 Å². The lowest BCUT2D eigenvalue weighted by molar-refractivity contribution is 0.0415. The van der Waals surface area contributed by atoms with Crippen LogP contribution in [0, 0.1) is 11.8 Å². The van der Waals surface area contributed by atoms with Crippen LogP contribution in [0.4, 0.5) is 0 Å². The van der Waals surface area contributed by atoms with Crippen LogP contribution in [-0.2, 0) is 0 Å². The van der Waals surface area contributed by atoms with Gasteiger partial charge in [0.05, 0.1) is 6.10 Å². The Morgan fingerprint density at radius 1 is 1.00 bits per heavy atom. The maximum Gasteiger partial charge on any atom is 0.0608 e. The summed E-state index contributed by atoms with van der Waals surface area (Å²) in [5, 5.41) is 13.5. The number of hydrogen-bond acceptors (Lipinski definition) is 2. The summed E-state index contributed by atoms with van der Waals surface area (Å²) < 4.78 is 0. The van der Waals surface area contributed by atoms with Gasteiger partial charge in [-0.2, -0.15) is 0 Å². The quantitative estimate of drug-likeness (QED) is 0.680. The maximum absolute atomic E-state index is 10.1. The van der Waals surface area contributed by atoms with E-state index >= 15 is 0 Å². The molecule has 2 aliphatic rings. The minimum absolute atomic E-state index is 0.0182. The van der Waals surface area contributed by atoms with Crippen molar-refractivity contribution in [2.75, 3.05) is 13.1 Å². The molecule has 0 aromatic heterocycles. The zero-order valence-corrected chi connectivity index (χ0v) is 8.34. The molecule has 2 atom stereocenters. The van der Waals surface area contributed by atoms with Gasteiger partial charge in [0.2, 0.25) is 0 Å². The lowest BCUT2D eigenvalue weighted by Crippen LogP contribution is -2.39. The van der Waals surface area contributed by atoms with Gasteiger partial charge in [0, 0.05) is 6.54 Å². The summed E-state index contributed by atoms with van der Waals surface area (Å²) in [7, 11) is 0. The first kappa shape index (κ1) is 9.47. The van der Waals surface area contributed by atoms with Crippen molar-refractivity contribution in [1.29, 1.82) is 0 Å². The summed E-state index contributed by atoms with van der Waals surface area (Å²) in [6.45, 7) is 2.19. The zero-order valence-electron chi connectivity index (χ0n) is 8.34. The van der Waals surface area contributed by atoms with Crippen molar-refractivity contribution in [2.45, 2.75) is 44.6 Å². The Balaban J connectivity index is 1.83. The first-order valence-corrected chi connectivity index (χ1v) is 5.76. The van der Waals surface area contributed by atoms with E-state index in [2.05, 4.69) is 5.32 Å². The third kappa shape index (κ3) is 2.23. The Labute approximate surface area is 80.7 Å². The molecule has 0 aromatic rings. The molecule has 0 aromatic carbocycles. The molecule has 2 unspecified atom stereocenters. The molecule has 13 heavy (non-hydrogen) atoms. The Morgan fingerprint density at radius 2 is 1.69 bits per heavy atom. The molecular weight excluding hydrogens is 162 g/mol. The highest BCUT2D eigenvalue weighted by Crippen LogP contribution is 2.32. The number of hydrogen-bond donors (Lipinski definition) is 2. The van der Waals surface area contributed by atoms with E-state index in [1.165, 1.54) is 38.5 Å². The minimum atomic E-state index is -0.0182. The SMILES string of the molecule is OC(C1CCCC1)C1CCCNC1. The highest BCUT2D eigenvalue weighted by molar-refractivity contribution is 4.83. The number of nitrogens with one attached hydrogen (secondary N) is 1. The van der Waals surface area contributed by atoms with Crippen molar-refractivity contribution in [3.63, 3.8) is 0 Å². The maximum atomic E-state index is 10.1. The molecule has 1 aliphatic carbocycles. The molecule has 2 fully saturated rings. The standard InChI is InChI=1S/C11H21NO/c13-11(9-4-1-2-5-9)10-6-3-7-12-8-10/h9-13H,1-8H2. The van der Waals surface area contributed by atoms with Crippen molar-refractivity contribution in [2.24, 2.45) is 11.8 Å². The van der Waals surface area contributed by atoms with Crippen LogP contribution in [-0.4, -0.2) is 24.3 Å². The molecule has 1 heterocycles. The Hall–Kier alpha value is -0.0800. The van der Waals surface area contributed by atoms with E-state index in [1.54, 1.807) is 0 Å². The van der Waals surface area contributed by atoms with E-state index in [-0.39, 0.29) is 6.10 Å². The van der Waals surface area contributed by atoms with Gasteiger partial charge in [-0.05, 0) is 44.1 Å². The average Bonchev–Trinajstić information content (AvgIpc) is 2.71. The van der Waals surface area contributed by atoms with Gasteiger partial charge < -0.3 is 10.4 Å². The molecule has 0 amide bonds. The van der Waals surface area contributed by atoms with Crippen LogP contribution in [0.15, 0.2) is 0 Å². The molecule has 2 nitrogen and oxygen atoms in total. The van der Waals surface area contributed by atoms with Gasteiger partial charge in [-0.25, -0.2) is 0 Å². The van der Waals surface area contributed by atoms with Crippen LogP contribution in [0.5, 0.6) is 0 Å². The van der Waals surface area contributed by atoms with Gasteiger partial charge in [-0.3, -0.25) is 0 Å². The molecule has 76 valence electrons. The fourth-order valence-corrected chi connectivity index (χ4v) is 2.85. The second-order valence-electron chi connectivity index (χ2n) is 4.64. The predicted octanol–water partition coefficient (Wildman–Crippen LogP) is 1.54. The van der Waals surface area contributed by atoms with E-state index in [0.29, 0.717) is 11.8 Å². The van der Waals surface area contributed by atoms with Gasteiger partial charge in [0.25, 0.3) is 0 Å². The summed E-state index contributed by atoms with van der Waals surface area (Å²) in [5.74, 6) is 1.15. The van der Waals surface area contributed by atoms with Gasteiger partial charge >= 0.3 is 0 Å². The molecule has 2 heteroatoms. The number of piperidine rings is 1. The summed E-state index contributed by atoms with van der Waals surface area (Å²) in [6, 6.07) is 0. The van der Waals surface area contributed by atoms with E-state index in [4.69, 9.17) is 0 Å². The normalized spacial score (nSPS) is 33.5. The molecule has 1 saturated heterocycles. The summed E-state index contributed by atoms with van der Waals surface area (Å²) in [5.41, 5.74) is 0. The van der Waals surface area contributed by atoms with Gasteiger partial charge in [0.15, 0.2) is 0 Å². The Morgan fingerprint density at radius 3 is 2.31 bits per heavy atom. The Bertz CT molecular complexity index is 148. The van der Waals surface area contributed by atoms with E-state index in [0.717, 1.165) is 13.1 Å². The predicted molar refractivity (Wildman–Crippen MR) is 53.6 cm³/mol. The average molecular weight is 183 g/mol. The monoisotopic (exact) mass is 183 g/mol. The molecule has 0 radical (unpaired) electrons. The lowest BCUT2D eigenvalue weighted by atomic mass is 9.85. The van der Waals surface area contributed by atoms with Crippen LogP contribution < -0.4 is 5.32 Å². The smallest absolute Gasteiger partial charge is 0.0608 e. The van der Waals surface area contributed by atoms with Crippen molar-refractivity contribution < 1.29 is 5.11 Å². The molecule has 1 aliphatic heterocycles. The third-order valence-corrected chi connectivity index (χ3v) is 3.70. The summed E-state index contributed by atoms with van der Waals surface area (Å²) >= 11 is 0. The Kier molecular flexibility index (Phi) is 3.23. The molecule has 0 bridgehead atoms. The number of aliphatic hydroxyl groups excluding tert-OH is 1. The number of rotatable bonds is 2. The van der Waals surface area contributed by atoms with Gasteiger partial charge in [0.1, 0.15) is 0 Å². The fraction of sp³-hybridized carbons (Fsp3) is 1.00. The largest absolute Gasteiger partial charge is 0.393 e.